The number of ether oxygens (including phenoxy) is 1. The first-order valence-corrected chi connectivity index (χ1v) is 6.17. The molecule has 0 aliphatic carbocycles. The lowest BCUT2D eigenvalue weighted by Crippen LogP contribution is -2.31. The number of amides is 1. The number of carbonyl (C=O) groups excluding carboxylic acids is 1. The van der Waals surface area contributed by atoms with Crippen molar-refractivity contribution in [1.82, 2.24) is 9.88 Å². The normalized spacial score (nSPS) is 10.1. The van der Waals surface area contributed by atoms with Gasteiger partial charge in [-0.25, -0.2) is 4.39 Å². The number of halogens is 1. The lowest BCUT2D eigenvalue weighted by molar-refractivity contribution is -0.132. The molecule has 1 amide bonds. The highest BCUT2D eigenvalue weighted by Crippen LogP contribution is 2.15. The van der Waals surface area contributed by atoms with Crippen LogP contribution in [0.5, 0.6) is 5.75 Å². The molecule has 0 saturated carbocycles. The van der Waals surface area contributed by atoms with Crippen molar-refractivity contribution in [3.8, 4) is 5.75 Å². The second kappa shape index (κ2) is 6.65. The number of rotatable bonds is 5. The maximum Gasteiger partial charge on any atom is 0.260 e. The minimum absolute atomic E-state index is 0.0816. The van der Waals surface area contributed by atoms with Gasteiger partial charge in [0.15, 0.2) is 18.2 Å². The van der Waals surface area contributed by atoms with Crippen molar-refractivity contribution in [2.75, 3.05) is 13.7 Å². The van der Waals surface area contributed by atoms with Crippen LogP contribution in [0.15, 0.2) is 48.8 Å². The van der Waals surface area contributed by atoms with Crippen molar-refractivity contribution in [3.05, 3.63) is 60.2 Å². The lowest BCUT2D eigenvalue weighted by atomic mass is 10.2. The van der Waals surface area contributed by atoms with Gasteiger partial charge >= 0.3 is 0 Å². The molecule has 0 unspecified atom stereocenters. The Hall–Kier alpha value is -2.43. The van der Waals surface area contributed by atoms with Crippen LogP contribution in [0, 0.1) is 5.82 Å². The Morgan fingerprint density at radius 2 is 1.95 bits per heavy atom. The number of nitrogens with zero attached hydrogens (tertiary/aromatic N) is 2. The minimum Gasteiger partial charge on any atom is -0.481 e. The summed E-state index contributed by atoms with van der Waals surface area (Å²) in [6.45, 7) is 0.268. The van der Waals surface area contributed by atoms with Gasteiger partial charge in [0, 0.05) is 26.0 Å². The van der Waals surface area contributed by atoms with Crippen LogP contribution in [-0.4, -0.2) is 29.4 Å². The number of likely N-dealkylation sites (N-methyl/N-ethyl adjacent to an activating group) is 1. The fourth-order valence-electron chi connectivity index (χ4n) is 1.66. The van der Waals surface area contributed by atoms with E-state index in [9.17, 15) is 9.18 Å². The predicted molar refractivity (Wildman–Crippen MR) is 72.6 cm³/mol. The fourth-order valence-corrected chi connectivity index (χ4v) is 1.66. The molecule has 0 aliphatic rings. The van der Waals surface area contributed by atoms with Gasteiger partial charge in [0.2, 0.25) is 0 Å². The van der Waals surface area contributed by atoms with Crippen molar-refractivity contribution < 1.29 is 13.9 Å². The summed E-state index contributed by atoms with van der Waals surface area (Å²) < 4.78 is 18.5. The first-order chi connectivity index (χ1) is 9.66. The van der Waals surface area contributed by atoms with Gasteiger partial charge in [0.1, 0.15) is 0 Å². The number of aromatic nitrogens is 1. The van der Waals surface area contributed by atoms with Gasteiger partial charge in [-0.1, -0.05) is 12.1 Å². The fraction of sp³-hybridized carbons (Fsp3) is 0.200. The largest absolute Gasteiger partial charge is 0.481 e. The molecular weight excluding hydrogens is 259 g/mol. The predicted octanol–water partition coefficient (Wildman–Crippen LogP) is 2.26. The summed E-state index contributed by atoms with van der Waals surface area (Å²) in [5.41, 5.74) is 0.974. The van der Waals surface area contributed by atoms with E-state index in [1.807, 2.05) is 12.1 Å². The summed E-state index contributed by atoms with van der Waals surface area (Å²) in [7, 11) is 1.67. The maximum atomic E-state index is 13.3. The molecule has 1 aromatic carbocycles. The lowest BCUT2D eigenvalue weighted by Gasteiger charge is -2.17. The van der Waals surface area contributed by atoms with E-state index in [2.05, 4.69) is 4.98 Å². The molecule has 0 fully saturated rings. The molecule has 0 aliphatic heterocycles. The third kappa shape index (κ3) is 3.78. The number of benzene rings is 1. The zero-order chi connectivity index (χ0) is 14.4. The molecular formula is C15H15FN2O2. The molecule has 2 aromatic rings. The van der Waals surface area contributed by atoms with Crippen LogP contribution in [0.3, 0.4) is 0 Å². The summed E-state index contributed by atoms with van der Waals surface area (Å²) in [4.78, 5) is 17.3. The highest BCUT2D eigenvalue weighted by molar-refractivity contribution is 5.77. The third-order valence-corrected chi connectivity index (χ3v) is 2.78. The zero-order valence-corrected chi connectivity index (χ0v) is 11.1. The van der Waals surface area contributed by atoms with E-state index in [1.165, 1.54) is 17.0 Å². The zero-order valence-electron chi connectivity index (χ0n) is 11.1. The van der Waals surface area contributed by atoms with E-state index in [-0.39, 0.29) is 18.3 Å². The second-order valence-electron chi connectivity index (χ2n) is 4.32. The molecule has 5 heteroatoms. The summed E-state index contributed by atoms with van der Waals surface area (Å²) in [6.07, 6.45) is 3.34. The second-order valence-corrected chi connectivity index (χ2v) is 4.32. The van der Waals surface area contributed by atoms with Crippen LogP contribution in [-0.2, 0) is 11.3 Å². The first-order valence-electron chi connectivity index (χ1n) is 6.17. The Morgan fingerprint density at radius 1 is 1.25 bits per heavy atom. The minimum atomic E-state index is -0.475. The van der Waals surface area contributed by atoms with Gasteiger partial charge in [0.25, 0.3) is 5.91 Å². The topological polar surface area (TPSA) is 42.4 Å². The van der Waals surface area contributed by atoms with Crippen molar-refractivity contribution in [2.24, 2.45) is 0 Å². The molecule has 104 valence electrons. The van der Waals surface area contributed by atoms with Crippen molar-refractivity contribution in [1.29, 1.82) is 0 Å². The average molecular weight is 274 g/mol. The SMILES string of the molecule is CN(Cc1ccncc1)C(=O)COc1ccccc1F. The third-order valence-electron chi connectivity index (χ3n) is 2.78. The molecule has 0 saturated heterocycles. The van der Waals surface area contributed by atoms with E-state index in [1.54, 1.807) is 31.6 Å². The van der Waals surface area contributed by atoms with Crippen LogP contribution in [0.1, 0.15) is 5.56 Å². The maximum absolute atomic E-state index is 13.3. The Kier molecular flexibility index (Phi) is 4.65. The number of carbonyl (C=O) groups is 1. The highest BCUT2D eigenvalue weighted by atomic mass is 19.1. The Labute approximate surface area is 116 Å². The van der Waals surface area contributed by atoms with E-state index in [0.29, 0.717) is 6.54 Å². The number of para-hydroxylation sites is 1. The standard InChI is InChI=1S/C15H15FN2O2/c1-18(10-12-6-8-17-9-7-12)15(19)11-20-14-5-3-2-4-13(14)16/h2-9H,10-11H2,1H3. The van der Waals surface area contributed by atoms with Crippen LogP contribution >= 0.6 is 0 Å². The van der Waals surface area contributed by atoms with E-state index in [4.69, 9.17) is 4.74 Å². The molecule has 4 nitrogen and oxygen atoms in total. The molecule has 0 atom stereocenters. The Bertz CT molecular complexity index is 575. The Morgan fingerprint density at radius 3 is 2.65 bits per heavy atom. The monoisotopic (exact) mass is 274 g/mol. The number of hydrogen-bond acceptors (Lipinski definition) is 3. The van der Waals surface area contributed by atoms with Crippen LogP contribution in [0.4, 0.5) is 4.39 Å². The number of hydrogen-bond donors (Lipinski definition) is 0. The molecule has 1 aromatic heterocycles. The van der Waals surface area contributed by atoms with E-state index >= 15 is 0 Å². The smallest absolute Gasteiger partial charge is 0.260 e. The van der Waals surface area contributed by atoms with Gasteiger partial charge < -0.3 is 9.64 Å². The quantitative estimate of drug-likeness (QED) is 0.840. The summed E-state index contributed by atoms with van der Waals surface area (Å²) in [5.74, 6) is -0.611. The van der Waals surface area contributed by atoms with Crippen LogP contribution in [0.2, 0.25) is 0 Å². The van der Waals surface area contributed by atoms with Gasteiger partial charge in [-0.2, -0.15) is 0 Å². The summed E-state index contributed by atoms with van der Waals surface area (Å²) >= 11 is 0. The Balaban J connectivity index is 1.87. The highest BCUT2D eigenvalue weighted by Gasteiger charge is 2.11. The molecule has 0 radical (unpaired) electrons. The molecule has 20 heavy (non-hydrogen) atoms. The van der Waals surface area contributed by atoms with Crippen molar-refractivity contribution in [3.63, 3.8) is 0 Å². The van der Waals surface area contributed by atoms with E-state index < -0.39 is 5.82 Å². The van der Waals surface area contributed by atoms with Crippen molar-refractivity contribution in [2.45, 2.75) is 6.54 Å². The van der Waals surface area contributed by atoms with E-state index in [0.717, 1.165) is 5.56 Å². The molecule has 2 rings (SSSR count). The molecule has 0 bridgehead atoms. The van der Waals surface area contributed by atoms with Gasteiger partial charge in [-0.15, -0.1) is 0 Å². The van der Waals surface area contributed by atoms with Crippen molar-refractivity contribution >= 4 is 5.91 Å². The summed E-state index contributed by atoms with van der Waals surface area (Å²) in [5, 5.41) is 0. The molecule has 1 heterocycles. The average Bonchev–Trinajstić information content (AvgIpc) is 2.47. The number of pyridine rings is 1. The van der Waals surface area contributed by atoms with Crippen LogP contribution < -0.4 is 4.74 Å². The van der Waals surface area contributed by atoms with Gasteiger partial charge in [-0.05, 0) is 29.8 Å². The van der Waals surface area contributed by atoms with Gasteiger partial charge in [-0.3, -0.25) is 9.78 Å². The molecule has 0 spiro atoms. The molecule has 0 N–H and O–H groups in total. The van der Waals surface area contributed by atoms with Gasteiger partial charge in [0.05, 0.1) is 0 Å². The van der Waals surface area contributed by atoms with Crippen LogP contribution in [0.25, 0.3) is 0 Å². The summed E-state index contributed by atoms with van der Waals surface area (Å²) in [6, 6.07) is 9.68. The first kappa shape index (κ1) is 14.0.